The van der Waals surface area contributed by atoms with Crippen molar-refractivity contribution in [3.63, 3.8) is 0 Å². The molecule has 0 radical (unpaired) electrons. The fourth-order valence-corrected chi connectivity index (χ4v) is 1.66. The number of nitrogens with one attached hydrogen (secondary N) is 2. The largest absolute Gasteiger partial charge is 0.478 e. The summed E-state index contributed by atoms with van der Waals surface area (Å²) < 4.78 is 0. The van der Waals surface area contributed by atoms with Crippen LogP contribution in [0, 0.1) is 0 Å². The van der Waals surface area contributed by atoms with E-state index in [9.17, 15) is 9.59 Å². The molecule has 1 heterocycles. The van der Waals surface area contributed by atoms with Crippen LogP contribution in [0.5, 0.6) is 0 Å². The van der Waals surface area contributed by atoms with Crippen LogP contribution in [-0.2, 0) is 6.42 Å². The Labute approximate surface area is 109 Å². The van der Waals surface area contributed by atoms with Gasteiger partial charge in [-0.05, 0) is 24.1 Å². The van der Waals surface area contributed by atoms with E-state index in [0.717, 1.165) is 5.56 Å². The number of benzene rings is 1. The van der Waals surface area contributed by atoms with E-state index < -0.39 is 5.97 Å². The second-order valence-electron chi connectivity index (χ2n) is 3.95. The maximum Gasteiger partial charge on any atom is 0.335 e. The van der Waals surface area contributed by atoms with E-state index in [-0.39, 0.29) is 16.9 Å². The first kappa shape index (κ1) is 12.8. The van der Waals surface area contributed by atoms with E-state index in [4.69, 9.17) is 5.11 Å². The molecule has 0 saturated carbocycles. The van der Waals surface area contributed by atoms with Gasteiger partial charge in [0.1, 0.15) is 0 Å². The number of hydrogen-bond acceptors (Lipinski definition) is 4. The maximum atomic E-state index is 11.3. The highest BCUT2D eigenvalue weighted by Crippen LogP contribution is 2.06. The van der Waals surface area contributed by atoms with Gasteiger partial charge in [0.15, 0.2) is 5.82 Å². The van der Waals surface area contributed by atoms with Crippen molar-refractivity contribution in [2.45, 2.75) is 6.42 Å². The van der Waals surface area contributed by atoms with Crippen LogP contribution in [0.4, 0.5) is 5.82 Å². The van der Waals surface area contributed by atoms with Crippen molar-refractivity contribution in [3.05, 3.63) is 58.1 Å². The highest BCUT2D eigenvalue weighted by atomic mass is 16.4. The summed E-state index contributed by atoms with van der Waals surface area (Å²) in [6.07, 6.45) is 3.57. The van der Waals surface area contributed by atoms with Gasteiger partial charge in [-0.2, -0.15) is 0 Å². The van der Waals surface area contributed by atoms with Gasteiger partial charge in [0, 0.05) is 18.9 Å². The lowest BCUT2D eigenvalue weighted by atomic mass is 10.1. The molecule has 0 fully saturated rings. The molecule has 6 heteroatoms. The van der Waals surface area contributed by atoms with Crippen LogP contribution in [0.3, 0.4) is 0 Å². The predicted molar refractivity (Wildman–Crippen MR) is 70.5 cm³/mol. The van der Waals surface area contributed by atoms with E-state index >= 15 is 0 Å². The quantitative estimate of drug-likeness (QED) is 0.748. The van der Waals surface area contributed by atoms with Gasteiger partial charge in [0.05, 0.1) is 5.56 Å². The SMILES string of the molecule is O=C(O)c1cccc(CCNc2ncc[nH]c2=O)c1. The highest BCUT2D eigenvalue weighted by molar-refractivity contribution is 5.87. The fraction of sp³-hybridized carbons (Fsp3) is 0.154. The van der Waals surface area contributed by atoms with E-state index in [1.54, 1.807) is 18.2 Å². The van der Waals surface area contributed by atoms with Crippen molar-refractivity contribution in [2.24, 2.45) is 0 Å². The Kier molecular flexibility index (Phi) is 3.92. The fourth-order valence-electron chi connectivity index (χ4n) is 1.66. The van der Waals surface area contributed by atoms with Crippen molar-refractivity contribution in [1.29, 1.82) is 0 Å². The van der Waals surface area contributed by atoms with E-state index in [2.05, 4.69) is 15.3 Å². The summed E-state index contributed by atoms with van der Waals surface area (Å²) in [5.41, 5.74) is 0.870. The number of carbonyl (C=O) groups is 1. The van der Waals surface area contributed by atoms with Gasteiger partial charge in [-0.1, -0.05) is 12.1 Å². The molecule has 0 aliphatic heterocycles. The first-order chi connectivity index (χ1) is 9.16. The number of aromatic nitrogens is 2. The summed E-state index contributed by atoms with van der Waals surface area (Å²) in [6.45, 7) is 0.503. The third-order valence-electron chi connectivity index (χ3n) is 2.59. The average Bonchev–Trinajstić information content (AvgIpc) is 2.41. The molecule has 0 atom stereocenters. The molecular formula is C13H13N3O3. The van der Waals surface area contributed by atoms with Crippen LogP contribution in [-0.4, -0.2) is 27.6 Å². The van der Waals surface area contributed by atoms with Gasteiger partial charge in [-0.15, -0.1) is 0 Å². The van der Waals surface area contributed by atoms with E-state index in [1.165, 1.54) is 12.4 Å². The van der Waals surface area contributed by atoms with Crippen molar-refractivity contribution < 1.29 is 9.90 Å². The Morgan fingerprint density at radius 3 is 3.00 bits per heavy atom. The van der Waals surface area contributed by atoms with Gasteiger partial charge >= 0.3 is 5.97 Å². The Hall–Kier alpha value is -2.63. The third kappa shape index (κ3) is 3.41. The number of carboxylic acids is 1. The third-order valence-corrected chi connectivity index (χ3v) is 2.59. The second kappa shape index (κ2) is 5.81. The lowest BCUT2D eigenvalue weighted by molar-refractivity contribution is 0.0697. The molecule has 0 unspecified atom stereocenters. The standard InChI is InChI=1S/C13H13N3O3/c17-12-11(15-6-7-16-12)14-5-4-9-2-1-3-10(8-9)13(18)19/h1-3,6-8H,4-5H2,(H,14,15)(H,16,17)(H,18,19). The molecule has 19 heavy (non-hydrogen) atoms. The zero-order valence-corrected chi connectivity index (χ0v) is 10.1. The molecule has 6 nitrogen and oxygen atoms in total. The number of rotatable bonds is 5. The maximum absolute atomic E-state index is 11.3. The Bertz CT molecular complexity index is 637. The molecule has 0 amide bonds. The molecule has 1 aromatic carbocycles. The lowest BCUT2D eigenvalue weighted by Crippen LogP contribution is -2.17. The molecule has 98 valence electrons. The van der Waals surface area contributed by atoms with Gasteiger partial charge < -0.3 is 15.4 Å². The zero-order valence-electron chi connectivity index (χ0n) is 10.1. The minimum Gasteiger partial charge on any atom is -0.478 e. The molecule has 0 saturated heterocycles. The number of anilines is 1. The average molecular weight is 259 g/mol. The van der Waals surface area contributed by atoms with Crippen molar-refractivity contribution in [1.82, 2.24) is 9.97 Å². The summed E-state index contributed by atoms with van der Waals surface area (Å²) >= 11 is 0. The van der Waals surface area contributed by atoms with E-state index in [0.29, 0.717) is 13.0 Å². The second-order valence-corrected chi connectivity index (χ2v) is 3.95. The van der Waals surface area contributed by atoms with Crippen LogP contribution in [0.25, 0.3) is 0 Å². The topological polar surface area (TPSA) is 95.1 Å². The van der Waals surface area contributed by atoms with Crippen molar-refractivity contribution >= 4 is 11.8 Å². The van der Waals surface area contributed by atoms with Crippen molar-refractivity contribution in [3.8, 4) is 0 Å². The number of carboxylic acid groups (broad SMARTS) is 1. The minimum absolute atomic E-state index is 0.258. The minimum atomic E-state index is -0.948. The predicted octanol–water partition coefficient (Wildman–Crippen LogP) is 1.12. The first-order valence-electron chi connectivity index (χ1n) is 5.76. The highest BCUT2D eigenvalue weighted by Gasteiger charge is 2.03. The summed E-state index contributed by atoms with van der Waals surface area (Å²) in [5, 5.41) is 11.8. The van der Waals surface area contributed by atoms with Crippen LogP contribution in [0.2, 0.25) is 0 Å². The Balaban J connectivity index is 1.96. The van der Waals surface area contributed by atoms with Gasteiger partial charge in [-0.3, -0.25) is 4.79 Å². The van der Waals surface area contributed by atoms with Crippen LogP contribution >= 0.6 is 0 Å². The number of aromatic carboxylic acids is 1. The zero-order chi connectivity index (χ0) is 13.7. The molecule has 0 bridgehead atoms. The molecule has 0 aliphatic carbocycles. The van der Waals surface area contributed by atoms with Crippen LogP contribution in [0.1, 0.15) is 15.9 Å². The van der Waals surface area contributed by atoms with Crippen molar-refractivity contribution in [2.75, 3.05) is 11.9 Å². The Morgan fingerprint density at radius 1 is 1.42 bits per heavy atom. The number of H-pyrrole nitrogens is 1. The molecule has 2 aromatic rings. The van der Waals surface area contributed by atoms with Gasteiger partial charge in [0.25, 0.3) is 5.56 Å². The lowest BCUT2D eigenvalue weighted by Gasteiger charge is -2.05. The molecular weight excluding hydrogens is 246 g/mol. The summed E-state index contributed by atoms with van der Waals surface area (Å²) in [5.74, 6) is -0.687. The summed E-state index contributed by atoms with van der Waals surface area (Å²) in [4.78, 5) is 28.6. The van der Waals surface area contributed by atoms with Crippen LogP contribution in [0.15, 0.2) is 41.5 Å². The van der Waals surface area contributed by atoms with Gasteiger partial charge in [-0.25, -0.2) is 9.78 Å². The van der Waals surface area contributed by atoms with Gasteiger partial charge in [0.2, 0.25) is 0 Å². The molecule has 0 spiro atoms. The normalized spacial score (nSPS) is 10.1. The number of nitrogens with zero attached hydrogens (tertiary/aromatic N) is 1. The number of aromatic amines is 1. The molecule has 1 aromatic heterocycles. The Morgan fingerprint density at radius 2 is 2.26 bits per heavy atom. The molecule has 2 rings (SSSR count). The number of hydrogen-bond donors (Lipinski definition) is 3. The summed E-state index contributed by atoms with van der Waals surface area (Å²) in [7, 11) is 0. The van der Waals surface area contributed by atoms with Crippen LogP contribution < -0.4 is 10.9 Å². The first-order valence-corrected chi connectivity index (χ1v) is 5.76. The molecule has 0 aliphatic rings. The van der Waals surface area contributed by atoms with E-state index in [1.807, 2.05) is 6.07 Å². The molecule has 3 N–H and O–H groups in total. The smallest absolute Gasteiger partial charge is 0.335 e. The summed E-state index contributed by atoms with van der Waals surface area (Å²) in [6, 6.07) is 6.71. The monoisotopic (exact) mass is 259 g/mol.